The Morgan fingerprint density at radius 1 is 1.10 bits per heavy atom. The van der Waals surface area contributed by atoms with Crippen LogP contribution in [0.15, 0.2) is 41.8 Å². The molecular formula is C22H26N2O5. The van der Waals surface area contributed by atoms with Crippen molar-refractivity contribution in [1.29, 1.82) is 0 Å². The minimum Gasteiger partial charge on any atom is -0.470 e. The highest BCUT2D eigenvalue weighted by molar-refractivity contribution is 6.20. The smallest absolute Gasteiger partial charge is 0.347 e. The monoisotopic (exact) mass is 398 g/mol. The van der Waals surface area contributed by atoms with E-state index in [0.29, 0.717) is 18.2 Å². The molecule has 1 saturated heterocycles. The van der Waals surface area contributed by atoms with Gasteiger partial charge in [-0.1, -0.05) is 31.0 Å². The summed E-state index contributed by atoms with van der Waals surface area (Å²) >= 11 is 0. The molecule has 2 atom stereocenters. The summed E-state index contributed by atoms with van der Waals surface area (Å²) in [5, 5.41) is 2.93. The Hall–Kier alpha value is -2.83. The van der Waals surface area contributed by atoms with Crippen molar-refractivity contribution in [2.75, 3.05) is 25.1 Å². The first-order valence-corrected chi connectivity index (χ1v) is 10.3. The van der Waals surface area contributed by atoms with Crippen LogP contribution in [0.5, 0.6) is 0 Å². The highest BCUT2D eigenvalue weighted by atomic mass is 16.5. The Morgan fingerprint density at radius 3 is 2.69 bits per heavy atom. The number of ketones is 1. The average Bonchev–Trinajstić information content (AvgIpc) is 3.12. The third kappa shape index (κ3) is 4.28. The van der Waals surface area contributed by atoms with E-state index < -0.39 is 11.8 Å². The van der Waals surface area contributed by atoms with Crippen LogP contribution in [0, 0.1) is 5.92 Å². The summed E-state index contributed by atoms with van der Waals surface area (Å²) in [6, 6.07) is 9.36. The average molecular weight is 398 g/mol. The minimum atomic E-state index is -0.823. The van der Waals surface area contributed by atoms with Gasteiger partial charge in [-0.3, -0.25) is 9.59 Å². The number of fused-ring (bicyclic) bond motifs is 1. The van der Waals surface area contributed by atoms with E-state index in [-0.39, 0.29) is 36.6 Å². The summed E-state index contributed by atoms with van der Waals surface area (Å²) in [6.07, 6.45) is 6.71. The van der Waals surface area contributed by atoms with Gasteiger partial charge in [0, 0.05) is 18.3 Å². The Kier molecular flexibility index (Phi) is 5.83. The van der Waals surface area contributed by atoms with Crippen LogP contribution >= 0.6 is 0 Å². The van der Waals surface area contributed by atoms with Gasteiger partial charge in [0.05, 0.1) is 0 Å². The number of hydrogen-bond donors (Lipinski definition) is 1. The molecule has 2 heterocycles. The van der Waals surface area contributed by atoms with E-state index in [1.54, 1.807) is 12.1 Å². The number of benzene rings is 1. The number of anilines is 1. The molecule has 1 saturated carbocycles. The van der Waals surface area contributed by atoms with Gasteiger partial charge >= 0.3 is 5.97 Å². The normalized spacial score (nSPS) is 24.0. The number of para-hydroxylation sites is 1. The van der Waals surface area contributed by atoms with Gasteiger partial charge in [0.1, 0.15) is 0 Å². The number of piperidine rings is 1. The van der Waals surface area contributed by atoms with Crippen LogP contribution in [-0.4, -0.2) is 48.4 Å². The lowest BCUT2D eigenvalue weighted by molar-refractivity contribution is -0.152. The Morgan fingerprint density at radius 2 is 1.86 bits per heavy atom. The molecule has 0 aromatic heterocycles. The van der Waals surface area contributed by atoms with Gasteiger partial charge in [0.15, 0.2) is 18.8 Å². The minimum absolute atomic E-state index is 0.0731. The number of carbonyl (C=O) groups is 3. The van der Waals surface area contributed by atoms with Crippen molar-refractivity contribution >= 4 is 23.3 Å². The zero-order chi connectivity index (χ0) is 20.2. The van der Waals surface area contributed by atoms with Gasteiger partial charge < -0.3 is 19.7 Å². The second kappa shape index (κ2) is 8.68. The van der Waals surface area contributed by atoms with Crippen LogP contribution in [-0.2, 0) is 23.9 Å². The SMILES string of the molecule is O=C1COC(Nc2ccccc2)=C1C(=O)OCC(=O)N1CCC[C@H]2CCCC[C@@H]21. The molecule has 1 amide bonds. The first-order chi connectivity index (χ1) is 14.1. The van der Waals surface area contributed by atoms with E-state index >= 15 is 0 Å². The number of carbonyl (C=O) groups excluding carboxylic acids is 3. The molecule has 29 heavy (non-hydrogen) atoms. The number of likely N-dealkylation sites (tertiary alicyclic amines) is 1. The molecule has 3 aliphatic rings. The van der Waals surface area contributed by atoms with Gasteiger partial charge in [-0.2, -0.15) is 0 Å². The van der Waals surface area contributed by atoms with E-state index in [2.05, 4.69) is 5.32 Å². The summed E-state index contributed by atoms with van der Waals surface area (Å²) in [5.41, 5.74) is 0.520. The molecule has 1 N–H and O–H groups in total. The van der Waals surface area contributed by atoms with E-state index in [9.17, 15) is 14.4 Å². The third-order valence-corrected chi connectivity index (χ3v) is 5.98. The quantitative estimate of drug-likeness (QED) is 0.606. The Labute approximate surface area is 170 Å². The summed E-state index contributed by atoms with van der Waals surface area (Å²) in [7, 11) is 0. The van der Waals surface area contributed by atoms with Gasteiger partial charge in [0.2, 0.25) is 11.7 Å². The van der Waals surface area contributed by atoms with Crippen LogP contribution in [0.2, 0.25) is 0 Å². The van der Waals surface area contributed by atoms with Crippen LogP contribution in [0.1, 0.15) is 38.5 Å². The molecule has 2 aliphatic heterocycles. The van der Waals surface area contributed by atoms with Gasteiger partial charge in [-0.25, -0.2) is 4.79 Å². The maximum Gasteiger partial charge on any atom is 0.347 e. The highest BCUT2D eigenvalue weighted by Crippen LogP contribution is 2.35. The van der Waals surface area contributed by atoms with Crippen molar-refractivity contribution in [3.05, 3.63) is 41.8 Å². The molecule has 0 bridgehead atoms. The summed E-state index contributed by atoms with van der Waals surface area (Å²) < 4.78 is 10.5. The van der Waals surface area contributed by atoms with Crippen LogP contribution in [0.4, 0.5) is 5.69 Å². The fraction of sp³-hybridized carbons (Fsp3) is 0.500. The van der Waals surface area contributed by atoms with Crippen molar-refractivity contribution < 1.29 is 23.9 Å². The standard InChI is InChI=1S/C22H26N2O5/c25-18-13-28-21(23-16-9-2-1-3-10-16)20(18)22(27)29-14-19(26)24-12-6-8-15-7-4-5-11-17(15)24/h1-3,9-10,15,17,23H,4-8,11-14H2/t15-,17+/m1/s1. The molecule has 7 nitrogen and oxygen atoms in total. The largest absolute Gasteiger partial charge is 0.470 e. The fourth-order valence-electron chi connectivity index (χ4n) is 4.58. The number of nitrogens with one attached hydrogen (secondary N) is 1. The number of Topliss-reactive ketones (excluding diaryl/α,β-unsaturated/α-hetero) is 1. The van der Waals surface area contributed by atoms with Gasteiger partial charge in [-0.15, -0.1) is 0 Å². The van der Waals surface area contributed by atoms with Crippen LogP contribution in [0.25, 0.3) is 0 Å². The van der Waals surface area contributed by atoms with Crippen molar-refractivity contribution in [3.63, 3.8) is 0 Å². The zero-order valence-electron chi connectivity index (χ0n) is 16.4. The second-order valence-corrected chi connectivity index (χ2v) is 7.82. The topological polar surface area (TPSA) is 84.9 Å². The van der Waals surface area contributed by atoms with Crippen molar-refractivity contribution in [2.24, 2.45) is 5.92 Å². The fourth-order valence-corrected chi connectivity index (χ4v) is 4.58. The lowest BCUT2D eigenvalue weighted by Crippen LogP contribution is -2.51. The number of rotatable bonds is 5. The first kappa shape index (κ1) is 19.5. The summed E-state index contributed by atoms with van der Waals surface area (Å²) in [5.74, 6) is -0.822. The van der Waals surface area contributed by atoms with E-state index in [4.69, 9.17) is 9.47 Å². The number of esters is 1. The molecular weight excluding hydrogens is 372 g/mol. The highest BCUT2D eigenvalue weighted by Gasteiger charge is 2.37. The second-order valence-electron chi connectivity index (χ2n) is 7.82. The first-order valence-electron chi connectivity index (χ1n) is 10.3. The Bertz CT molecular complexity index is 818. The molecule has 4 rings (SSSR count). The molecule has 1 aromatic rings. The van der Waals surface area contributed by atoms with E-state index in [1.165, 1.54) is 19.3 Å². The van der Waals surface area contributed by atoms with E-state index in [0.717, 1.165) is 19.3 Å². The molecule has 0 spiro atoms. The van der Waals surface area contributed by atoms with Crippen molar-refractivity contribution in [3.8, 4) is 0 Å². The molecule has 154 valence electrons. The van der Waals surface area contributed by atoms with Crippen molar-refractivity contribution in [1.82, 2.24) is 4.90 Å². The summed E-state index contributed by atoms with van der Waals surface area (Å²) in [6.45, 7) is 0.143. The molecule has 2 fully saturated rings. The molecule has 1 aromatic carbocycles. The van der Waals surface area contributed by atoms with Crippen LogP contribution < -0.4 is 5.32 Å². The number of amides is 1. The molecule has 7 heteroatoms. The molecule has 0 radical (unpaired) electrons. The predicted octanol–water partition coefficient (Wildman–Crippen LogP) is 2.63. The van der Waals surface area contributed by atoms with Gasteiger partial charge in [0.25, 0.3) is 5.91 Å². The maximum absolute atomic E-state index is 12.7. The van der Waals surface area contributed by atoms with Gasteiger partial charge in [-0.05, 0) is 43.7 Å². The molecule has 0 unspecified atom stereocenters. The Balaban J connectivity index is 1.39. The predicted molar refractivity (Wildman–Crippen MR) is 106 cm³/mol. The number of hydrogen-bond acceptors (Lipinski definition) is 6. The number of nitrogens with zero attached hydrogens (tertiary/aromatic N) is 1. The third-order valence-electron chi connectivity index (χ3n) is 5.98. The lowest BCUT2D eigenvalue weighted by atomic mass is 9.78. The maximum atomic E-state index is 12.7. The summed E-state index contributed by atoms with van der Waals surface area (Å²) in [4.78, 5) is 39.3. The molecule has 1 aliphatic carbocycles. The number of ether oxygens (including phenoxy) is 2. The lowest BCUT2D eigenvalue weighted by Gasteiger charge is -2.44. The van der Waals surface area contributed by atoms with Crippen molar-refractivity contribution in [2.45, 2.75) is 44.6 Å². The van der Waals surface area contributed by atoms with Crippen LogP contribution in [0.3, 0.4) is 0 Å². The van der Waals surface area contributed by atoms with E-state index in [1.807, 2.05) is 23.1 Å². The zero-order valence-corrected chi connectivity index (χ0v) is 16.4.